The van der Waals surface area contributed by atoms with E-state index in [1.807, 2.05) is 0 Å². The Labute approximate surface area is 103 Å². The topological polar surface area (TPSA) is 38.3 Å². The minimum absolute atomic E-state index is 0.0952. The fraction of sp³-hybridized carbons (Fsp3) is 0.929. The first kappa shape index (κ1) is 11.5. The van der Waals surface area contributed by atoms with E-state index >= 15 is 0 Å². The molecule has 0 atom stereocenters. The van der Waals surface area contributed by atoms with E-state index in [2.05, 4.69) is 5.32 Å². The van der Waals surface area contributed by atoms with Crippen LogP contribution in [0.5, 0.6) is 0 Å². The Morgan fingerprint density at radius 1 is 1.18 bits per heavy atom. The van der Waals surface area contributed by atoms with Crippen LogP contribution in [-0.2, 0) is 9.53 Å². The summed E-state index contributed by atoms with van der Waals surface area (Å²) in [7, 11) is 1.47. The van der Waals surface area contributed by atoms with E-state index in [0.29, 0.717) is 12.0 Å². The standard InChI is InChI=1S/C14H23NO2/c1-17-13(16)2-3-15-14-7-10-4-11(8-14)6-12(5-10)9-14/h10-12,15H,2-9H2,1H3. The molecule has 96 valence electrons. The zero-order valence-corrected chi connectivity index (χ0v) is 10.7. The van der Waals surface area contributed by atoms with Crippen LogP contribution in [0.15, 0.2) is 0 Å². The second-order valence-electron chi connectivity index (χ2n) is 6.45. The van der Waals surface area contributed by atoms with Gasteiger partial charge in [-0.2, -0.15) is 0 Å². The molecular weight excluding hydrogens is 214 g/mol. The van der Waals surface area contributed by atoms with Gasteiger partial charge in [0.25, 0.3) is 0 Å². The lowest BCUT2D eigenvalue weighted by atomic mass is 9.53. The highest BCUT2D eigenvalue weighted by atomic mass is 16.5. The van der Waals surface area contributed by atoms with E-state index in [4.69, 9.17) is 4.74 Å². The Morgan fingerprint density at radius 3 is 2.18 bits per heavy atom. The second-order valence-corrected chi connectivity index (χ2v) is 6.45. The van der Waals surface area contributed by atoms with Crippen LogP contribution in [0.4, 0.5) is 0 Å². The van der Waals surface area contributed by atoms with Gasteiger partial charge in [-0.3, -0.25) is 4.79 Å². The molecule has 4 saturated carbocycles. The minimum Gasteiger partial charge on any atom is -0.469 e. The number of rotatable bonds is 4. The van der Waals surface area contributed by atoms with Gasteiger partial charge in [0.15, 0.2) is 0 Å². The smallest absolute Gasteiger partial charge is 0.306 e. The number of nitrogens with one attached hydrogen (secondary N) is 1. The third-order valence-electron chi connectivity index (χ3n) is 5.10. The SMILES string of the molecule is COC(=O)CCNC12CC3CC(CC(C3)C1)C2. The molecule has 0 amide bonds. The lowest BCUT2D eigenvalue weighted by Crippen LogP contribution is -2.58. The molecule has 1 N–H and O–H groups in total. The fourth-order valence-corrected chi connectivity index (χ4v) is 4.86. The van der Waals surface area contributed by atoms with E-state index < -0.39 is 0 Å². The molecule has 4 aliphatic carbocycles. The number of carbonyl (C=O) groups is 1. The van der Waals surface area contributed by atoms with Crippen molar-refractivity contribution in [3.8, 4) is 0 Å². The summed E-state index contributed by atoms with van der Waals surface area (Å²) in [6.45, 7) is 0.791. The van der Waals surface area contributed by atoms with Gasteiger partial charge in [-0.15, -0.1) is 0 Å². The van der Waals surface area contributed by atoms with Gasteiger partial charge >= 0.3 is 5.97 Å². The van der Waals surface area contributed by atoms with Crippen molar-refractivity contribution in [3.05, 3.63) is 0 Å². The number of methoxy groups -OCH3 is 1. The largest absolute Gasteiger partial charge is 0.469 e. The Bertz CT molecular complexity index is 278. The van der Waals surface area contributed by atoms with Gasteiger partial charge in [-0.25, -0.2) is 0 Å². The summed E-state index contributed by atoms with van der Waals surface area (Å²) in [6, 6.07) is 0. The van der Waals surface area contributed by atoms with Crippen LogP contribution in [0.25, 0.3) is 0 Å². The number of carbonyl (C=O) groups excluding carboxylic acids is 1. The van der Waals surface area contributed by atoms with Crippen LogP contribution in [0.1, 0.15) is 44.9 Å². The third kappa shape index (κ3) is 2.22. The molecule has 4 bridgehead atoms. The zero-order valence-electron chi connectivity index (χ0n) is 10.7. The van der Waals surface area contributed by atoms with Gasteiger partial charge < -0.3 is 10.1 Å². The summed E-state index contributed by atoms with van der Waals surface area (Å²) in [4.78, 5) is 11.1. The van der Waals surface area contributed by atoms with E-state index in [-0.39, 0.29) is 5.97 Å². The third-order valence-corrected chi connectivity index (χ3v) is 5.10. The normalized spacial score (nSPS) is 42.8. The molecule has 0 heterocycles. The first-order valence-corrected chi connectivity index (χ1v) is 7.01. The molecule has 0 unspecified atom stereocenters. The Morgan fingerprint density at radius 2 is 1.71 bits per heavy atom. The second kappa shape index (κ2) is 4.27. The van der Waals surface area contributed by atoms with Gasteiger partial charge in [0.2, 0.25) is 0 Å². The maximum Gasteiger partial charge on any atom is 0.306 e. The number of ether oxygens (including phenoxy) is 1. The van der Waals surface area contributed by atoms with Crippen LogP contribution in [-0.4, -0.2) is 25.2 Å². The van der Waals surface area contributed by atoms with Crippen molar-refractivity contribution in [2.24, 2.45) is 17.8 Å². The molecule has 0 saturated heterocycles. The van der Waals surface area contributed by atoms with Crippen LogP contribution < -0.4 is 5.32 Å². The molecule has 4 rings (SSSR count). The van der Waals surface area contributed by atoms with Crippen molar-refractivity contribution in [1.29, 1.82) is 0 Å². The minimum atomic E-state index is -0.0952. The number of esters is 1. The van der Waals surface area contributed by atoms with Gasteiger partial charge in [-0.05, 0) is 56.3 Å². The van der Waals surface area contributed by atoms with Crippen molar-refractivity contribution in [2.45, 2.75) is 50.5 Å². The summed E-state index contributed by atoms with van der Waals surface area (Å²) in [5, 5.41) is 3.69. The van der Waals surface area contributed by atoms with Gasteiger partial charge in [-0.1, -0.05) is 0 Å². The van der Waals surface area contributed by atoms with Gasteiger partial charge in [0.1, 0.15) is 0 Å². The summed E-state index contributed by atoms with van der Waals surface area (Å²) >= 11 is 0. The van der Waals surface area contributed by atoms with Crippen molar-refractivity contribution >= 4 is 5.97 Å². The lowest BCUT2D eigenvalue weighted by molar-refractivity contribution is -0.140. The van der Waals surface area contributed by atoms with Crippen molar-refractivity contribution in [3.63, 3.8) is 0 Å². The maximum atomic E-state index is 11.1. The number of hydrogen-bond donors (Lipinski definition) is 1. The van der Waals surface area contributed by atoms with E-state index in [9.17, 15) is 4.79 Å². The first-order valence-electron chi connectivity index (χ1n) is 7.01. The van der Waals surface area contributed by atoms with Crippen molar-refractivity contribution in [2.75, 3.05) is 13.7 Å². The number of hydrogen-bond acceptors (Lipinski definition) is 3. The fourth-order valence-electron chi connectivity index (χ4n) is 4.86. The highest BCUT2D eigenvalue weighted by Crippen LogP contribution is 2.55. The monoisotopic (exact) mass is 237 g/mol. The molecule has 17 heavy (non-hydrogen) atoms. The maximum absolute atomic E-state index is 11.1. The van der Waals surface area contributed by atoms with Crippen LogP contribution >= 0.6 is 0 Å². The van der Waals surface area contributed by atoms with Crippen LogP contribution in [0.3, 0.4) is 0 Å². The Kier molecular flexibility index (Phi) is 2.89. The molecule has 4 aliphatic rings. The molecule has 0 aromatic rings. The van der Waals surface area contributed by atoms with E-state index in [1.165, 1.54) is 45.6 Å². The molecule has 0 spiro atoms. The van der Waals surface area contributed by atoms with Gasteiger partial charge in [0.05, 0.1) is 13.5 Å². The van der Waals surface area contributed by atoms with Crippen molar-refractivity contribution in [1.82, 2.24) is 5.32 Å². The molecule has 0 aromatic carbocycles. The van der Waals surface area contributed by atoms with E-state index in [0.717, 1.165) is 24.3 Å². The van der Waals surface area contributed by atoms with Crippen LogP contribution in [0, 0.1) is 17.8 Å². The molecule has 3 nitrogen and oxygen atoms in total. The molecule has 0 radical (unpaired) electrons. The first-order chi connectivity index (χ1) is 8.19. The molecule has 0 aromatic heterocycles. The Hall–Kier alpha value is -0.570. The molecule has 3 heteroatoms. The average molecular weight is 237 g/mol. The summed E-state index contributed by atoms with van der Waals surface area (Å²) in [5.74, 6) is 2.80. The molecular formula is C14H23NO2. The quantitative estimate of drug-likeness (QED) is 0.761. The summed E-state index contributed by atoms with van der Waals surface area (Å²) in [6.07, 6.45) is 8.96. The highest BCUT2D eigenvalue weighted by molar-refractivity contribution is 5.69. The Balaban J connectivity index is 1.57. The summed E-state index contributed by atoms with van der Waals surface area (Å²) < 4.78 is 4.69. The zero-order chi connectivity index (χ0) is 11.9. The predicted molar refractivity (Wildman–Crippen MR) is 65.5 cm³/mol. The lowest BCUT2D eigenvalue weighted by Gasteiger charge is -2.57. The highest BCUT2D eigenvalue weighted by Gasteiger charge is 2.50. The predicted octanol–water partition coefficient (Wildman–Crippen LogP) is 2.11. The van der Waals surface area contributed by atoms with E-state index in [1.54, 1.807) is 0 Å². The average Bonchev–Trinajstić information content (AvgIpc) is 2.26. The summed E-state index contributed by atoms with van der Waals surface area (Å²) in [5.41, 5.74) is 0.378. The molecule has 0 aliphatic heterocycles. The molecule has 4 fully saturated rings. The van der Waals surface area contributed by atoms with Crippen LogP contribution in [0.2, 0.25) is 0 Å². The van der Waals surface area contributed by atoms with Crippen molar-refractivity contribution < 1.29 is 9.53 Å². The van der Waals surface area contributed by atoms with Gasteiger partial charge in [0, 0.05) is 12.1 Å².